The third-order valence-corrected chi connectivity index (χ3v) is 3.62. The molecule has 0 aromatic heterocycles. The Bertz CT molecular complexity index is 381. The van der Waals surface area contributed by atoms with Gasteiger partial charge in [-0.25, -0.2) is 0 Å². The van der Waals surface area contributed by atoms with Gasteiger partial charge in [0.1, 0.15) is 18.5 Å². The number of hydrogen-bond acceptors (Lipinski definition) is 3. The molecule has 0 amide bonds. The van der Waals surface area contributed by atoms with Gasteiger partial charge >= 0.3 is 0 Å². The van der Waals surface area contributed by atoms with Crippen molar-refractivity contribution in [1.82, 2.24) is 5.32 Å². The average molecular weight is 293 g/mol. The van der Waals surface area contributed by atoms with Crippen molar-refractivity contribution in [3.8, 4) is 5.75 Å². The first kappa shape index (κ1) is 18.0. The van der Waals surface area contributed by atoms with Crippen LogP contribution in [-0.4, -0.2) is 30.4 Å². The molecule has 0 aliphatic carbocycles. The summed E-state index contributed by atoms with van der Waals surface area (Å²) in [5, 5.41) is 13.3. The Kier molecular flexibility index (Phi) is 9.11. The van der Waals surface area contributed by atoms with Crippen LogP contribution in [0.1, 0.15) is 51.5 Å². The Hall–Kier alpha value is -1.06. The Labute approximate surface area is 129 Å². The molecule has 0 fully saturated rings. The van der Waals surface area contributed by atoms with Crippen molar-refractivity contribution in [2.75, 3.05) is 13.2 Å². The first-order chi connectivity index (χ1) is 10.1. The molecule has 2 N–H and O–H groups in total. The summed E-state index contributed by atoms with van der Waals surface area (Å²) >= 11 is 0. The van der Waals surface area contributed by atoms with Crippen molar-refractivity contribution < 1.29 is 9.84 Å². The molecule has 120 valence electrons. The zero-order chi connectivity index (χ0) is 15.5. The van der Waals surface area contributed by atoms with Crippen LogP contribution in [0.4, 0.5) is 0 Å². The first-order valence-electron chi connectivity index (χ1n) is 8.22. The number of aliphatic hydroxyl groups is 1. The fraction of sp³-hybridized carbons (Fsp3) is 0.667. The SMILES string of the molecule is CCCCCC[C@H](C)NC[C@@H](O)COc1cccc(C)c1. The minimum Gasteiger partial charge on any atom is -0.491 e. The molecule has 0 saturated heterocycles. The molecule has 0 aliphatic rings. The van der Waals surface area contributed by atoms with Gasteiger partial charge in [-0.15, -0.1) is 0 Å². The van der Waals surface area contributed by atoms with Crippen LogP contribution in [0, 0.1) is 6.92 Å². The maximum absolute atomic E-state index is 9.95. The molecule has 2 atom stereocenters. The minimum atomic E-state index is -0.469. The van der Waals surface area contributed by atoms with Gasteiger partial charge in [0.2, 0.25) is 0 Å². The highest BCUT2D eigenvalue weighted by Crippen LogP contribution is 2.12. The molecular formula is C18H31NO2. The van der Waals surface area contributed by atoms with Crippen molar-refractivity contribution in [2.24, 2.45) is 0 Å². The molecule has 3 nitrogen and oxygen atoms in total. The van der Waals surface area contributed by atoms with Gasteiger partial charge in [0.05, 0.1) is 0 Å². The summed E-state index contributed by atoms with van der Waals surface area (Å²) in [5.41, 5.74) is 1.17. The maximum Gasteiger partial charge on any atom is 0.119 e. The fourth-order valence-corrected chi connectivity index (χ4v) is 2.27. The number of aliphatic hydroxyl groups excluding tert-OH is 1. The van der Waals surface area contributed by atoms with Gasteiger partial charge in [0.15, 0.2) is 0 Å². The van der Waals surface area contributed by atoms with Gasteiger partial charge in [-0.2, -0.15) is 0 Å². The van der Waals surface area contributed by atoms with E-state index in [0.29, 0.717) is 19.2 Å². The molecule has 0 saturated carbocycles. The third kappa shape index (κ3) is 8.74. The summed E-state index contributed by atoms with van der Waals surface area (Å²) in [6, 6.07) is 8.36. The monoisotopic (exact) mass is 293 g/mol. The zero-order valence-corrected chi connectivity index (χ0v) is 13.8. The Morgan fingerprint density at radius 1 is 1.24 bits per heavy atom. The van der Waals surface area contributed by atoms with Crippen molar-refractivity contribution in [3.63, 3.8) is 0 Å². The molecule has 0 heterocycles. The van der Waals surface area contributed by atoms with Crippen molar-refractivity contribution in [2.45, 2.75) is 65.0 Å². The quantitative estimate of drug-likeness (QED) is 0.612. The number of ether oxygens (including phenoxy) is 1. The lowest BCUT2D eigenvalue weighted by Gasteiger charge is -2.17. The largest absolute Gasteiger partial charge is 0.491 e. The predicted molar refractivity (Wildman–Crippen MR) is 88.9 cm³/mol. The first-order valence-corrected chi connectivity index (χ1v) is 8.22. The van der Waals surface area contributed by atoms with E-state index in [0.717, 1.165) is 5.75 Å². The zero-order valence-electron chi connectivity index (χ0n) is 13.8. The van der Waals surface area contributed by atoms with Gasteiger partial charge in [0, 0.05) is 12.6 Å². The summed E-state index contributed by atoms with van der Waals surface area (Å²) in [6.45, 7) is 7.36. The highest BCUT2D eigenvalue weighted by molar-refractivity contribution is 5.27. The van der Waals surface area contributed by atoms with Crippen LogP contribution in [-0.2, 0) is 0 Å². The maximum atomic E-state index is 9.95. The van der Waals surface area contributed by atoms with Crippen LogP contribution in [0.25, 0.3) is 0 Å². The second-order valence-electron chi connectivity index (χ2n) is 5.94. The number of benzene rings is 1. The second kappa shape index (κ2) is 10.6. The highest BCUT2D eigenvalue weighted by Gasteiger charge is 2.08. The smallest absolute Gasteiger partial charge is 0.119 e. The van der Waals surface area contributed by atoms with Gasteiger partial charge in [0.25, 0.3) is 0 Å². The second-order valence-corrected chi connectivity index (χ2v) is 5.94. The van der Waals surface area contributed by atoms with Crippen molar-refractivity contribution >= 4 is 0 Å². The lowest BCUT2D eigenvalue weighted by atomic mass is 10.1. The van der Waals surface area contributed by atoms with Crippen molar-refractivity contribution in [1.29, 1.82) is 0 Å². The molecule has 0 unspecified atom stereocenters. The highest BCUT2D eigenvalue weighted by atomic mass is 16.5. The van der Waals surface area contributed by atoms with E-state index in [2.05, 4.69) is 19.2 Å². The van der Waals surface area contributed by atoms with Gasteiger partial charge in [-0.1, -0.05) is 44.7 Å². The molecule has 0 radical (unpaired) electrons. The molecule has 3 heteroatoms. The van der Waals surface area contributed by atoms with Crippen LogP contribution >= 0.6 is 0 Å². The summed E-state index contributed by atoms with van der Waals surface area (Å²) in [5.74, 6) is 0.821. The number of rotatable bonds is 11. The molecule has 0 bridgehead atoms. The molecule has 1 rings (SSSR count). The third-order valence-electron chi connectivity index (χ3n) is 3.62. The van der Waals surface area contributed by atoms with Gasteiger partial charge < -0.3 is 15.2 Å². The Morgan fingerprint density at radius 2 is 2.05 bits per heavy atom. The van der Waals surface area contributed by atoms with Crippen LogP contribution in [0.2, 0.25) is 0 Å². The molecule has 1 aromatic carbocycles. The lowest BCUT2D eigenvalue weighted by Crippen LogP contribution is -2.36. The van der Waals surface area contributed by atoms with E-state index in [1.807, 2.05) is 31.2 Å². The van der Waals surface area contributed by atoms with E-state index in [9.17, 15) is 5.11 Å². The van der Waals surface area contributed by atoms with Crippen molar-refractivity contribution in [3.05, 3.63) is 29.8 Å². The van der Waals surface area contributed by atoms with E-state index < -0.39 is 6.10 Å². The summed E-state index contributed by atoms with van der Waals surface area (Å²) < 4.78 is 5.60. The van der Waals surface area contributed by atoms with E-state index >= 15 is 0 Å². The van der Waals surface area contributed by atoms with Gasteiger partial charge in [-0.05, 0) is 38.0 Å². The van der Waals surface area contributed by atoms with E-state index in [1.165, 1.54) is 37.7 Å². The number of nitrogens with one attached hydrogen (secondary N) is 1. The topological polar surface area (TPSA) is 41.5 Å². The van der Waals surface area contributed by atoms with Crippen LogP contribution < -0.4 is 10.1 Å². The average Bonchev–Trinajstić information content (AvgIpc) is 2.47. The summed E-state index contributed by atoms with van der Waals surface area (Å²) in [6.07, 6.45) is 5.87. The fourth-order valence-electron chi connectivity index (χ4n) is 2.27. The van der Waals surface area contributed by atoms with E-state index in [4.69, 9.17) is 4.74 Å². The number of hydrogen-bond donors (Lipinski definition) is 2. The Balaban J connectivity index is 2.11. The summed E-state index contributed by atoms with van der Waals surface area (Å²) in [7, 11) is 0. The molecule has 21 heavy (non-hydrogen) atoms. The molecular weight excluding hydrogens is 262 g/mol. The minimum absolute atomic E-state index is 0.332. The van der Waals surface area contributed by atoms with Crippen LogP contribution in [0.15, 0.2) is 24.3 Å². The van der Waals surface area contributed by atoms with Gasteiger partial charge in [-0.3, -0.25) is 0 Å². The molecule has 0 aliphatic heterocycles. The predicted octanol–water partition coefficient (Wildman–Crippen LogP) is 3.68. The van der Waals surface area contributed by atoms with E-state index in [1.54, 1.807) is 0 Å². The van der Waals surface area contributed by atoms with Crippen LogP contribution in [0.5, 0.6) is 5.75 Å². The molecule has 0 spiro atoms. The Morgan fingerprint density at radius 3 is 2.76 bits per heavy atom. The molecule has 1 aromatic rings. The normalized spacial score (nSPS) is 13.9. The standard InChI is InChI=1S/C18H31NO2/c1-4-5-6-7-10-16(3)19-13-17(20)14-21-18-11-8-9-15(2)12-18/h8-9,11-12,16-17,19-20H,4-7,10,13-14H2,1-3H3/t16-,17+/m0/s1. The van der Waals surface area contributed by atoms with Crippen LogP contribution in [0.3, 0.4) is 0 Å². The summed E-state index contributed by atoms with van der Waals surface area (Å²) in [4.78, 5) is 0. The number of aryl methyl sites for hydroxylation is 1. The lowest BCUT2D eigenvalue weighted by molar-refractivity contribution is 0.103. The number of unbranched alkanes of at least 4 members (excludes halogenated alkanes) is 3. The van der Waals surface area contributed by atoms with E-state index in [-0.39, 0.29) is 0 Å².